The molecule has 7 rings (SSSR count). The second kappa shape index (κ2) is 13.8. The third-order valence-corrected chi connectivity index (χ3v) is 9.04. The molecule has 1 aromatic heterocycles. The molecule has 0 aliphatic carbocycles. The lowest BCUT2D eigenvalue weighted by molar-refractivity contribution is 1.01. The molecule has 0 saturated carbocycles. The van der Waals surface area contributed by atoms with Gasteiger partial charge in [0.2, 0.25) is 17.8 Å². The SMILES string of the molecule is CN(C)c1ccc(C2CC(c3ccc(Nc4nc(Nc5ccccc5)nc(Nc5ccccc5)n4)cc3)=Nc3ccccc3S2)cc1. The zero-order valence-corrected chi connectivity index (χ0v) is 26.9. The lowest BCUT2D eigenvalue weighted by Gasteiger charge is -2.18. The summed E-state index contributed by atoms with van der Waals surface area (Å²) >= 11 is 1.88. The van der Waals surface area contributed by atoms with E-state index in [1.54, 1.807) is 0 Å². The number of nitrogens with one attached hydrogen (secondary N) is 3. The zero-order valence-electron chi connectivity index (χ0n) is 26.1. The fourth-order valence-corrected chi connectivity index (χ4v) is 6.52. The summed E-state index contributed by atoms with van der Waals surface area (Å²) in [6, 6.07) is 45.2. The Morgan fingerprint density at radius 1 is 0.574 bits per heavy atom. The summed E-state index contributed by atoms with van der Waals surface area (Å²) in [6.07, 6.45) is 0.809. The Kier molecular flexibility index (Phi) is 8.79. The number of hydrogen-bond acceptors (Lipinski definition) is 9. The second-order valence-electron chi connectivity index (χ2n) is 11.3. The summed E-state index contributed by atoms with van der Waals surface area (Å²) in [5, 5.41) is 10.2. The summed E-state index contributed by atoms with van der Waals surface area (Å²) < 4.78 is 0. The summed E-state index contributed by atoms with van der Waals surface area (Å²) in [6.45, 7) is 0. The van der Waals surface area contributed by atoms with E-state index in [1.807, 2.05) is 84.6 Å². The van der Waals surface area contributed by atoms with Crippen molar-refractivity contribution >= 4 is 63.8 Å². The van der Waals surface area contributed by atoms with Gasteiger partial charge in [0.25, 0.3) is 0 Å². The molecule has 1 unspecified atom stereocenters. The van der Waals surface area contributed by atoms with Crippen LogP contribution in [0.4, 0.5) is 46.3 Å². The van der Waals surface area contributed by atoms with Crippen LogP contribution in [0.5, 0.6) is 0 Å². The number of anilines is 7. The van der Waals surface area contributed by atoms with E-state index in [0.29, 0.717) is 17.8 Å². The second-order valence-corrected chi connectivity index (χ2v) is 12.6. The number of aliphatic imine (C=N–C) groups is 1. The topological polar surface area (TPSA) is 90.4 Å². The largest absolute Gasteiger partial charge is 0.378 e. The first-order chi connectivity index (χ1) is 23.1. The molecule has 232 valence electrons. The van der Waals surface area contributed by atoms with Crippen LogP contribution < -0.4 is 20.9 Å². The fourth-order valence-electron chi connectivity index (χ4n) is 5.29. The van der Waals surface area contributed by atoms with Crippen LogP contribution in [0.1, 0.15) is 22.8 Å². The third-order valence-electron chi connectivity index (χ3n) is 7.72. The van der Waals surface area contributed by atoms with Gasteiger partial charge in [-0.2, -0.15) is 15.0 Å². The number of thioether (sulfide) groups is 1. The van der Waals surface area contributed by atoms with Crippen molar-refractivity contribution in [1.29, 1.82) is 0 Å². The van der Waals surface area contributed by atoms with E-state index in [1.165, 1.54) is 16.1 Å². The fraction of sp³-hybridized carbons (Fsp3) is 0.105. The first kappa shape index (κ1) is 30.0. The Labute approximate surface area is 279 Å². The van der Waals surface area contributed by atoms with Gasteiger partial charge in [0.1, 0.15) is 0 Å². The quantitative estimate of drug-likeness (QED) is 0.145. The van der Waals surface area contributed by atoms with Crippen LogP contribution in [0.15, 0.2) is 143 Å². The molecule has 1 atom stereocenters. The van der Waals surface area contributed by atoms with Crippen molar-refractivity contribution in [3.05, 3.63) is 145 Å². The van der Waals surface area contributed by atoms with Gasteiger partial charge in [-0.05, 0) is 71.8 Å². The van der Waals surface area contributed by atoms with Gasteiger partial charge in [-0.15, -0.1) is 11.8 Å². The van der Waals surface area contributed by atoms with E-state index in [4.69, 9.17) is 4.99 Å². The maximum absolute atomic E-state index is 5.17. The van der Waals surface area contributed by atoms with Gasteiger partial charge in [0, 0.05) is 59.1 Å². The molecule has 1 aliphatic heterocycles. The van der Waals surface area contributed by atoms with Crippen LogP contribution in [-0.2, 0) is 0 Å². The summed E-state index contributed by atoms with van der Waals surface area (Å²) in [5.41, 5.74) is 8.24. The number of aromatic nitrogens is 3. The van der Waals surface area contributed by atoms with E-state index in [-0.39, 0.29) is 5.25 Å². The molecular formula is C38H34N8S. The van der Waals surface area contributed by atoms with Crippen LogP contribution >= 0.6 is 11.8 Å². The van der Waals surface area contributed by atoms with Crippen molar-refractivity contribution in [3.63, 3.8) is 0 Å². The Bertz CT molecular complexity index is 1920. The molecule has 0 saturated heterocycles. The highest BCUT2D eigenvalue weighted by Gasteiger charge is 2.23. The standard InChI is InChI=1S/C38H34N8S/c1-46(2)31-23-19-27(20-24-31)35-25-33(42-32-15-9-10-16-34(32)47-35)26-17-21-30(22-18-26)41-38-44-36(39-28-11-5-3-6-12-28)43-37(45-38)40-29-13-7-4-8-14-29/h3-24,35H,25H2,1-2H3,(H3,39,40,41,43,44,45). The number of nitrogens with zero attached hydrogens (tertiary/aromatic N) is 5. The zero-order chi connectivity index (χ0) is 32.0. The van der Waals surface area contributed by atoms with Crippen molar-refractivity contribution in [2.24, 2.45) is 4.99 Å². The molecule has 0 spiro atoms. The first-order valence-electron chi connectivity index (χ1n) is 15.4. The average molecular weight is 635 g/mol. The van der Waals surface area contributed by atoms with Crippen molar-refractivity contribution in [1.82, 2.24) is 15.0 Å². The first-order valence-corrected chi connectivity index (χ1v) is 16.3. The van der Waals surface area contributed by atoms with Gasteiger partial charge in [0.15, 0.2) is 0 Å². The monoisotopic (exact) mass is 634 g/mol. The summed E-state index contributed by atoms with van der Waals surface area (Å²) in [4.78, 5) is 22.4. The Balaban J connectivity index is 1.15. The lowest BCUT2D eigenvalue weighted by Crippen LogP contribution is -2.09. The van der Waals surface area contributed by atoms with Gasteiger partial charge in [-0.25, -0.2) is 0 Å². The molecule has 0 radical (unpaired) electrons. The average Bonchev–Trinajstić information content (AvgIpc) is 3.30. The predicted molar refractivity (Wildman–Crippen MR) is 196 cm³/mol. The Hall–Kier alpha value is -5.67. The van der Waals surface area contributed by atoms with Crippen molar-refractivity contribution in [3.8, 4) is 0 Å². The Morgan fingerprint density at radius 2 is 1.09 bits per heavy atom. The van der Waals surface area contributed by atoms with Gasteiger partial charge < -0.3 is 20.9 Å². The van der Waals surface area contributed by atoms with Crippen LogP contribution in [0.25, 0.3) is 0 Å². The molecular weight excluding hydrogens is 601 g/mol. The van der Waals surface area contributed by atoms with Crippen LogP contribution in [0.3, 0.4) is 0 Å². The molecule has 2 heterocycles. The van der Waals surface area contributed by atoms with Crippen LogP contribution in [0.2, 0.25) is 0 Å². The number of rotatable bonds is 9. The normalized spacial score (nSPS) is 13.9. The molecule has 1 aliphatic rings. The maximum Gasteiger partial charge on any atom is 0.233 e. The highest BCUT2D eigenvalue weighted by molar-refractivity contribution is 7.99. The predicted octanol–water partition coefficient (Wildman–Crippen LogP) is 9.53. The highest BCUT2D eigenvalue weighted by Crippen LogP contribution is 2.45. The van der Waals surface area contributed by atoms with E-state index in [9.17, 15) is 0 Å². The number of hydrogen-bond donors (Lipinski definition) is 3. The molecule has 0 bridgehead atoms. The minimum absolute atomic E-state index is 0.239. The lowest BCUT2D eigenvalue weighted by atomic mass is 10.0. The van der Waals surface area contributed by atoms with Crippen molar-refractivity contribution in [2.45, 2.75) is 16.6 Å². The number of para-hydroxylation sites is 3. The minimum atomic E-state index is 0.239. The smallest absolute Gasteiger partial charge is 0.233 e. The molecule has 47 heavy (non-hydrogen) atoms. The summed E-state index contributed by atoms with van der Waals surface area (Å²) in [7, 11) is 4.13. The van der Waals surface area contributed by atoms with E-state index >= 15 is 0 Å². The molecule has 0 amide bonds. The van der Waals surface area contributed by atoms with E-state index in [0.717, 1.165) is 40.4 Å². The molecule has 6 aromatic rings. The molecule has 8 nitrogen and oxygen atoms in total. The molecule has 3 N–H and O–H groups in total. The van der Waals surface area contributed by atoms with Gasteiger partial charge >= 0.3 is 0 Å². The number of benzene rings is 5. The maximum atomic E-state index is 5.17. The summed E-state index contributed by atoms with van der Waals surface area (Å²) in [5.74, 6) is 1.28. The highest BCUT2D eigenvalue weighted by atomic mass is 32.2. The van der Waals surface area contributed by atoms with E-state index in [2.05, 4.69) is 111 Å². The van der Waals surface area contributed by atoms with Gasteiger partial charge in [-0.1, -0.05) is 72.8 Å². The van der Waals surface area contributed by atoms with Gasteiger partial charge in [0.05, 0.1) is 5.69 Å². The van der Waals surface area contributed by atoms with Crippen LogP contribution in [0, 0.1) is 0 Å². The molecule has 9 heteroatoms. The minimum Gasteiger partial charge on any atom is -0.378 e. The number of fused-ring (bicyclic) bond motifs is 1. The molecule has 0 fully saturated rings. The van der Waals surface area contributed by atoms with Gasteiger partial charge in [-0.3, -0.25) is 4.99 Å². The van der Waals surface area contributed by atoms with Crippen LogP contribution in [-0.4, -0.2) is 34.8 Å². The Morgan fingerprint density at radius 3 is 1.64 bits per heavy atom. The molecule has 5 aromatic carbocycles. The van der Waals surface area contributed by atoms with Crippen molar-refractivity contribution < 1.29 is 0 Å². The van der Waals surface area contributed by atoms with E-state index < -0.39 is 0 Å². The van der Waals surface area contributed by atoms with Crippen molar-refractivity contribution in [2.75, 3.05) is 34.9 Å². The third kappa shape index (κ3) is 7.43.